The Morgan fingerprint density at radius 1 is 1.29 bits per heavy atom. The highest BCUT2D eigenvalue weighted by molar-refractivity contribution is 5.83. The van der Waals surface area contributed by atoms with E-state index in [1.54, 1.807) is 7.11 Å². The summed E-state index contributed by atoms with van der Waals surface area (Å²) >= 11 is 0. The summed E-state index contributed by atoms with van der Waals surface area (Å²) in [7, 11) is 1.55. The SMILES string of the molecule is CCc1ccccc1.COC1=CC(=O)OCC1. The predicted molar refractivity (Wildman–Crippen MR) is 66.5 cm³/mol. The summed E-state index contributed by atoms with van der Waals surface area (Å²) in [5, 5.41) is 0. The quantitative estimate of drug-likeness (QED) is 0.738. The van der Waals surface area contributed by atoms with Crippen molar-refractivity contribution in [3.8, 4) is 0 Å². The molecule has 0 atom stereocenters. The van der Waals surface area contributed by atoms with Gasteiger partial charge < -0.3 is 9.47 Å². The molecule has 0 saturated carbocycles. The van der Waals surface area contributed by atoms with Crippen molar-refractivity contribution in [1.82, 2.24) is 0 Å². The maximum absolute atomic E-state index is 10.5. The summed E-state index contributed by atoms with van der Waals surface area (Å²) in [6.07, 6.45) is 3.20. The van der Waals surface area contributed by atoms with E-state index in [0.717, 1.165) is 6.42 Å². The van der Waals surface area contributed by atoms with Gasteiger partial charge in [-0.2, -0.15) is 0 Å². The monoisotopic (exact) mass is 234 g/mol. The fraction of sp³-hybridized carbons (Fsp3) is 0.357. The molecule has 2 rings (SSSR count). The Labute approximate surface area is 102 Å². The lowest BCUT2D eigenvalue weighted by Gasteiger charge is -2.10. The van der Waals surface area contributed by atoms with Crippen LogP contribution in [0.4, 0.5) is 0 Å². The number of carbonyl (C=O) groups excluding carboxylic acids is 1. The lowest BCUT2D eigenvalue weighted by Crippen LogP contribution is -2.11. The van der Waals surface area contributed by atoms with Crippen LogP contribution in [0.25, 0.3) is 0 Å². The lowest BCUT2D eigenvalue weighted by atomic mass is 10.2. The standard InChI is InChI=1S/C8H10.C6H8O3/c1-2-8-6-4-3-5-7-8;1-8-5-2-3-9-6(7)4-5/h3-7H,2H2,1H3;4H,2-3H2,1H3. The molecule has 0 aromatic heterocycles. The molecule has 1 heterocycles. The van der Waals surface area contributed by atoms with Gasteiger partial charge in [-0.3, -0.25) is 0 Å². The molecule has 0 bridgehead atoms. The van der Waals surface area contributed by atoms with E-state index in [0.29, 0.717) is 18.8 Å². The Hall–Kier alpha value is -1.77. The van der Waals surface area contributed by atoms with Gasteiger partial charge in [0.15, 0.2) is 0 Å². The van der Waals surface area contributed by atoms with Gasteiger partial charge in [-0.1, -0.05) is 37.3 Å². The molecule has 0 radical (unpaired) electrons. The fourth-order valence-electron chi connectivity index (χ4n) is 1.37. The van der Waals surface area contributed by atoms with Crippen LogP contribution < -0.4 is 0 Å². The summed E-state index contributed by atoms with van der Waals surface area (Å²) in [6, 6.07) is 10.5. The zero-order valence-corrected chi connectivity index (χ0v) is 10.3. The van der Waals surface area contributed by atoms with E-state index in [2.05, 4.69) is 35.9 Å². The van der Waals surface area contributed by atoms with E-state index in [9.17, 15) is 4.79 Å². The minimum absolute atomic E-state index is 0.307. The number of rotatable bonds is 2. The molecular formula is C14H18O3. The normalized spacial score (nSPS) is 14.0. The van der Waals surface area contributed by atoms with E-state index in [-0.39, 0.29) is 5.97 Å². The number of benzene rings is 1. The molecule has 0 N–H and O–H groups in total. The van der Waals surface area contributed by atoms with Crippen LogP contribution in [-0.4, -0.2) is 19.7 Å². The fourth-order valence-corrected chi connectivity index (χ4v) is 1.37. The Morgan fingerprint density at radius 3 is 2.41 bits per heavy atom. The lowest BCUT2D eigenvalue weighted by molar-refractivity contribution is -0.139. The third-order valence-electron chi connectivity index (χ3n) is 2.38. The van der Waals surface area contributed by atoms with Crippen molar-refractivity contribution in [3.05, 3.63) is 47.7 Å². The number of methoxy groups -OCH3 is 1. The minimum atomic E-state index is -0.307. The van der Waals surface area contributed by atoms with Gasteiger partial charge in [-0.15, -0.1) is 0 Å². The van der Waals surface area contributed by atoms with E-state index in [4.69, 9.17) is 4.74 Å². The summed E-state index contributed by atoms with van der Waals surface area (Å²) in [4.78, 5) is 10.5. The first kappa shape index (κ1) is 13.3. The number of hydrogen-bond donors (Lipinski definition) is 0. The second-order valence-corrected chi connectivity index (χ2v) is 3.57. The van der Waals surface area contributed by atoms with Gasteiger partial charge >= 0.3 is 5.97 Å². The Bertz CT molecular complexity index is 368. The van der Waals surface area contributed by atoms with Crippen LogP contribution in [0.15, 0.2) is 42.2 Å². The first-order chi connectivity index (χ1) is 8.26. The van der Waals surface area contributed by atoms with E-state index in [1.165, 1.54) is 11.6 Å². The molecule has 3 heteroatoms. The number of aryl methyl sites for hydroxylation is 1. The summed E-state index contributed by atoms with van der Waals surface area (Å²) in [5.41, 5.74) is 1.41. The molecule has 0 unspecified atom stereocenters. The van der Waals surface area contributed by atoms with Crippen molar-refractivity contribution >= 4 is 5.97 Å². The van der Waals surface area contributed by atoms with Gasteiger partial charge in [0.1, 0.15) is 5.76 Å². The third-order valence-corrected chi connectivity index (χ3v) is 2.38. The van der Waals surface area contributed by atoms with Gasteiger partial charge in [0.05, 0.1) is 19.8 Å². The van der Waals surface area contributed by atoms with Crippen LogP contribution in [0.3, 0.4) is 0 Å². The molecule has 1 aromatic rings. The van der Waals surface area contributed by atoms with Crippen LogP contribution >= 0.6 is 0 Å². The van der Waals surface area contributed by atoms with Gasteiger partial charge in [-0.05, 0) is 12.0 Å². The van der Waals surface area contributed by atoms with E-state index >= 15 is 0 Å². The van der Waals surface area contributed by atoms with Crippen LogP contribution in [-0.2, 0) is 20.7 Å². The Morgan fingerprint density at radius 2 is 2.00 bits per heavy atom. The van der Waals surface area contributed by atoms with Gasteiger partial charge in [0.25, 0.3) is 0 Å². The first-order valence-corrected chi connectivity index (χ1v) is 5.71. The minimum Gasteiger partial charge on any atom is -0.501 e. The summed E-state index contributed by atoms with van der Waals surface area (Å²) in [6.45, 7) is 2.61. The molecule has 1 aliphatic rings. The second-order valence-electron chi connectivity index (χ2n) is 3.57. The highest BCUT2D eigenvalue weighted by atomic mass is 16.5. The van der Waals surface area contributed by atoms with Crippen molar-refractivity contribution in [2.24, 2.45) is 0 Å². The number of esters is 1. The molecule has 0 fully saturated rings. The van der Waals surface area contributed by atoms with Gasteiger partial charge in [0, 0.05) is 6.42 Å². The topological polar surface area (TPSA) is 35.5 Å². The first-order valence-electron chi connectivity index (χ1n) is 5.71. The smallest absolute Gasteiger partial charge is 0.334 e. The van der Waals surface area contributed by atoms with Crippen molar-refractivity contribution < 1.29 is 14.3 Å². The average molecular weight is 234 g/mol. The molecule has 17 heavy (non-hydrogen) atoms. The third kappa shape index (κ3) is 5.20. The van der Waals surface area contributed by atoms with Crippen molar-refractivity contribution in [2.45, 2.75) is 19.8 Å². The molecule has 0 amide bonds. The predicted octanol–water partition coefficient (Wildman–Crippen LogP) is 2.71. The maximum Gasteiger partial charge on any atom is 0.334 e. The number of hydrogen-bond acceptors (Lipinski definition) is 3. The zero-order chi connectivity index (χ0) is 12.5. The largest absolute Gasteiger partial charge is 0.501 e. The van der Waals surface area contributed by atoms with E-state index < -0.39 is 0 Å². The average Bonchev–Trinajstić information content (AvgIpc) is 2.40. The van der Waals surface area contributed by atoms with Crippen LogP contribution in [0, 0.1) is 0 Å². The Kier molecular flexibility index (Phi) is 5.86. The number of ether oxygens (including phenoxy) is 2. The summed E-state index contributed by atoms with van der Waals surface area (Å²) < 4.78 is 9.44. The molecule has 0 saturated heterocycles. The maximum atomic E-state index is 10.5. The van der Waals surface area contributed by atoms with Crippen molar-refractivity contribution in [3.63, 3.8) is 0 Å². The molecule has 0 aliphatic carbocycles. The molecule has 92 valence electrons. The second kappa shape index (κ2) is 7.49. The zero-order valence-electron chi connectivity index (χ0n) is 10.3. The number of carbonyl (C=O) groups is 1. The van der Waals surface area contributed by atoms with Gasteiger partial charge in [-0.25, -0.2) is 4.79 Å². The van der Waals surface area contributed by atoms with Crippen LogP contribution in [0.1, 0.15) is 18.9 Å². The molecular weight excluding hydrogens is 216 g/mol. The molecule has 3 nitrogen and oxygen atoms in total. The van der Waals surface area contributed by atoms with Gasteiger partial charge in [0.2, 0.25) is 0 Å². The highest BCUT2D eigenvalue weighted by Crippen LogP contribution is 2.07. The molecule has 1 aromatic carbocycles. The molecule has 0 spiro atoms. The van der Waals surface area contributed by atoms with Crippen LogP contribution in [0.5, 0.6) is 0 Å². The van der Waals surface area contributed by atoms with Crippen molar-refractivity contribution in [1.29, 1.82) is 0 Å². The van der Waals surface area contributed by atoms with Crippen LogP contribution in [0.2, 0.25) is 0 Å². The molecule has 1 aliphatic heterocycles. The summed E-state index contributed by atoms with van der Waals surface area (Å²) in [5.74, 6) is 0.393. The number of cyclic esters (lactones) is 1. The Balaban J connectivity index is 0.000000171. The van der Waals surface area contributed by atoms with E-state index in [1.807, 2.05) is 6.07 Å². The van der Waals surface area contributed by atoms with Crippen molar-refractivity contribution in [2.75, 3.05) is 13.7 Å². The highest BCUT2D eigenvalue weighted by Gasteiger charge is 2.09.